The molecule has 2 aromatic rings. The molecule has 0 saturated heterocycles. The van der Waals surface area contributed by atoms with Crippen molar-refractivity contribution in [3.8, 4) is 11.1 Å². The van der Waals surface area contributed by atoms with Gasteiger partial charge < -0.3 is 15.7 Å². The van der Waals surface area contributed by atoms with Crippen LogP contribution in [0.2, 0.25) is 0 Å². The molecule has 1 aromatic carbocycles. The fraction of sp³-hybridized carbons (Fsp3) is 0.316. The molecule has 2 rings (SSSR count). The van der Waals surface area contributed by atoms with E-state index in [1.54, 1.807) is 20.0 Å². The van der Waals surface area contributed by atoms with Crippen LogP contribution < -0.4 is 10.6 Å². The molecular formula is C19H23N3O3. The number of aryl methyl sites for hydroxylation is 1. The van der Waals surface area contributed by atoms with Crippen LogP contribution in [0.1, 0.15) is 32.4 Å². The Hall–Kier alpha value is -2.89. The van der Waals surface area contributed by atoms with E-state index >= 15 is 0 Å². The summed E-state index contributed by atoms with van der Waals surface area (Å²) in [6, 6.07) is 11.3. The Morgan fingerprint density at radius 3 is 2.48 bits per heavy atom. The van der Waals surface area contributed by atoms with Gasteiger partial charge >= 0.3 is 12.0 Å². The number of aliphatic carboxylic acids is 1. The molecular weight excluding hydrogens is 318 g/mol. The Labute approximate surface area is 147 Å². The van der Waals surface area contributed by atoms with Crippen molar-refractivity contribution in [3.05, 3.63) is 48.3 Å². The van der Waals surface area contributed by atoms with Crippen LogP contribution in [0.3, 0.4) is 0 Å². The normalized spacial score (nSPS) is 11.0. The molecule has 1 heterocycles. The van der Waals surface area contributed by atoms with E-state index in [9.17, 15) is 9.59 Å². The summed E-state index contributed by atoms with van der Waals surface area (Å²) in [6.07, 6.45) is 2.11. The average molecular weight is 341 g/mol. The number of amides is 2. The maximum atomic E-state index is 12.3. The number of nitrogens with one attached hydrogen (secondary N) is 2. The van der Waals surface area contributed by atoms with Crippen molar-refractivity contribution in [2.24, 2.45) is 0 Å². The van der Waals surface area contributed by atoms with Gasteiger partial charge in [-0.05, 0) is 38.8 Å². The molecule has 6 heteroatoms. The van der Waals surface area contributed by atoms with Gasteiger partial charge in [-0.2, -0.15) is 0 Å². The Balaban J connectivity index is 2.09. The number of aromatic nitrogens is 1. The molecule has 3 N–H and O–H groups in total. The second-order valence-corrected chi connectivity index (χ2v) is 6.58. The third-order valence-corrected chi connectivity index (χ3v) is 3.86. The Morgan fingerprint density at radius 2 is 1.84 bits per heavy atom. The van der Waals surface area contributed by atoms with Crippen LogP contribution in [0.25, 0.3) is 11.1 Å². The topological polar surface area (TPSA) is 91.3 Å². The van der Waals surface area contributed by atoms with E-state index in [-0.39, 0.29) is 12.5 Å². The van der Waals surface area contributed by atoms with Gasteiger partial charge in [-0.3, -0.25) is 9.78 Å². The van der Waals surface area contributed by atoms with Gasteiger partial charge in [-0.15, -0.1) is 0 Å². The smallest absolute Gasteiger partial charge is 0.319 e. The number of anilines is 1. The van der Waals surface area contributed by atoms with Gasteiger partial charge in [0.2, 0.25) is 0 Å². The summed E-state index contributed by atoms with van der Waals surface area (Å²) >= 11 is 0. The lowest BCUT2D eigenvalue weighted by Crippen LogP contribution is -2.45. The predicted molar refractivity (Wildman–Crippen MR) is 97.5 cm³/mol. The van der Waals surface area contributed by atoms with Crippen LogP contribution in [0.4, 0.5) is 10.5 Å². The number of rotatable bonds is 6. The van der Waals surface area contributed by atoms with Crippen molar-refractivity contribution in [2.75, 3.05) is 5.32 Å². The monoisotopic (exact) mass is 341 g/mol. The summed E-state index contributed by atoms with van der Waals surface area (Å²) in [7, 11) is 0. The van der Waals surface area contributed by atoms with E-state index in [2.05, 4.69) is 15.6 Å². The molecule has 0 unspecified atom stereocenters. The van der Waals surface area contributed by atoms with Crippen LogP contribution in [0.15, 0.2) is 42.6 Å². The summed E-state index contributed by atoms with van der Waals surface area (Å²) in [6.45, 7) is 5.40. The summed E-state index contributed by atoms with van der Waals surface area (Å²) in [5, 5.41) is 14.4. The number of carbonyl (C=O) groups is 2. The molecule has 0 bridgehead atoms. The van der Waals surface area contributed by atoms with Crippen molar-refractivity contribution in [1.82, 2.24) is 10.3 Å². The first-order valence-corrected chi connectivity index (χ1v) is 8.10. The number of carboxylic acids is 1. The number of hydrogen-bond donors (Lipinski definition) is 3. The van der Waals surface area contributed by atoms with Crippen LogP contribution in [0, 0.1) is 6.92 Å². The van der Waals surface area contributed by atoms with Gasteiger partial charge in [0.1, 0.15) is 0 Å². The van der Waals surface area contributed by atoms with Gasteiger partial charge in [-0.1, -0.05) is 30.3 Å². The minimum absolute atomic E-state index is 0.00262. The fourth-order valence-electron chi connectivity index (χ4n) is 2.39. The molecule has 1 aromatic heterocycles. The van der Waals surface area contributed by atoms with Crippen LogP contribution in [0.5, 0.6) is 0 Å². The molecule has 0 spiro atoms. The largest absolute Gasteiger partial charge is 0.481 e. The first-order chi connectivity index (χ1) is 11.8. The SMILES string of the molecule is Cc1ncc(-c2ccccc2)cc1NC(=O)NC(C)(C)CCC(=O)O. The number of carboxylic acid groups (broad SMARTS) is 1. The summed E-state index contributed by atoms with van der Waals surface area (Å²) in [5.41, 5.74) is 2.62. The van der Waals surface area contributed by atoms with Crippen LogP contribution in [-0.2, 0) is 4.79 Å². The molecule has 2 amide bonds. The quantitative estimate of drug-likeness (QED) is 0.745. The first-order valence-electron chi connectivity index (χ1n) is 8.10. The standard InChI is InChI=1S/C19H23N3O3/c1-13-16(11-15(12-20-13)14-7-5-4-6-8-14)21-18(25)22-19(2,3)10-9-17(23)24/h4-8,11-12H,9-10H2,1-3H3,(H,23,24)(H2,21,22,25). The third kappa shape index (κ3) is 5.60. The van der Waals surface area contributed by atoms with Crippen LogP contribution >= 0.6 is 0 Å². The Morgan fingerprint density at radius 1 is 1.16 bits per heavy atom. The second kappa shape index (κ2) is 7.79. The number of hydrogen-bond acceptors (Lipinski definition) is 3. The molecule has 132 valence electrons. The molecule has 25 heavy (non-hydrogen) atoms. The van der Waals surface area contributed by atoms with E-state index in [0.717, 1.165) is 11.1 Å². The fourth-order valence-corrected chi connectivity index (χ4v) is 2.39. The molecule has 0 aliphatic rings. The van der Waals surface area contributed by atoms with Gasteiger partial charge in [-0.25, -0.2) is 4.79 Å². The van der Waals surface area contributed by atoms with Gasteiger partial charge in [0.05, 0.1) is 11.4 Å². The molecule has 0 aliphatic heterocycles. The van der Waals surface area contributed by atoms with Crippen LogP contribution in [-0.4, -0.2) is 27.6 Å². The number of pyridine rings is 1. The second-order valence-electron chi connectivity index (χ2n) is 6.58. The lowest BCUT2D eigenvalue weighted by Gasteiger charge is -2.26. The van der Waals surface area contributed by atoms with Gasteiger partial charge in [0.25, 0.3) is 0 Å². The minimum Gasteiger partial charge on any atom is -0.481 e. The van der Waals surface area contributed by atoms with Crippen molar-refractivity contribution in [2.45, 2.75) is 39.2 Å². The van der Waals surface area contributed by atoms with Crippen molar-refractivity contribution >= 4 is 17.7 Å². The molecule has 0 radical (unpaired) electrons. The highest BCUT2D eigenvalue weighted by molar-refractivity contribution is 5.91. The van der Waals surface area contributed by atoms with E-state index in [1.165, 1.54) is 0 Å². The summed E-state index contributed by atoms with van der Waals surface area (Å²) in [5.74, 6) is -0.883. The van der Waals surface area contributed by atoms with E-state index in [1.807, 2.05) is 43.3 Å². The highest BCUT2D eigenvalue weighted by Gasteiger charge is 2.22. The number of nitrogens with zero attached hydrogens (tertiary/aromatic N) is 1. The number of benzene rings is 1. The van der Waals surface area contributed by atoms with E-state index < -0.39 is 11.5 Å². The van der Waals surface area contributed by atoms with Crippen molar-refractivity contribution < 1.29 is 14.7 Å². The highest BCUT2D eigenvalue weighted by atomic mass is 16.4. The summed E-state index contributed by atoms with van der Waals surface area (Å²) in [4.78, 5) is 27.3. The molecule has 0 saturated carbocycles. The molecule has 0 fully saturated rings. The van der Waals surface area contributed by atoms with E-state index in [0.29, 0.717) is 17.8 Å². The van der Waals surface area contributed by atoms with Crippen molar-refractivity contribution in [3.63, 3.8) is 0 Å². The zero-order valence-corrected chi connectivity index (χ0v) is 14.7. The zero-order valence-electron chi connectivity index (χ0n) is 14.7. The predicted octanol–water partition coefficient (Wildman–Crippen LogP) is 3.82. The first kappa shape index (κ1) is 18.4. The molecule has 6 nitrogen and oxygen atoms in total. The minimum atomic E-state index is -0.883. The van der Waals surface area contributed by atoms with Crippen molar-refractivity contribution in [1.29, 1.82) is 0 Å². The van der Waals surface area contributed by atoms with Gasteiger partial charge in [0, 0.05) is 23.7 Å². The van der Waals surface area contributed by atoms with E-state index in [4.69, 9.17) is 5.11 Å². The average Bonchev–Trinajstić information content (AvgIpc) is 2.55. The third-order valence-electron chi connectivity index (χ3n) is 3.86. The highest BCUT2D eigenvalue weighted by Crippen LogP contribution is 2.23. The lowest BCUT2D eigenvalue weighted by molar-refractivity contribution is -0.137. The Bertz CT molecular complexity index is 758. The number of carbonyl (C=O) groups excluding carboxylic acids is 1. The summed E-state index contributed by atoms with van der Waals surface area (Å²) < 4.78 is 0. The Kier molecular flexibility index (Phi) is 5.75. The van der Waals surface area contributed by atoms with Gasteiger partial charge in [0.15, 0.2) is 0 Å². The molecule has 0 atom stereocenters. The number of urea groups is 1. The maximum Gasteiger partial charge on any atom is 0.319 e. The zero-order chi connectivity index (χ0) is 18.4. The lowest BCUT2D eigenvalue weighted by atomic mass is 9.99. The molecule has 0 aliphatic carbocycles. The maximum absolute atomic E-state index is 12.3.